The Bertz CT molecular complexity index is 416. The molecule has 1 saturated heterocycles. The quantitative estimate of drug-likeness (QED) is 0.833. The van der Waals surface area contributed by atoms with Crippen LogP contribution in [0.2, 0.25) is 0 Å². The van der Waals surface area contributed by atoms with Gasteiger partial charge in [-0.15, -0.1) is 0 Å². The highest BCUT2D eigenvalue weighted by Crippen LogP contribution is 2.21. The molecule has 1 aliphatic rings. The van der Waals surface area contributed by atoms with Crippen molar-refractivity contribution in [3.05, 3.63) is 29.8 Å². The number of ether oxygens (including phenoxy) is 2. The lowest BCUT2D eigenvalue weighted by Gasteiger charge is -2.33. The highest BCUT2D eigenvalue weighted by Gasteiger charge is 2.29. The minimum absolute atomic E-state index is 0.290. The molecule has 1 atom stereocenters. The zero-order valence-electron chi connectivity index (χ0n) is 12.4. The summed E-state index contributed by atoms with van der Waals surface area (Å²) in [6, 6.07) is 8.36. The molecule has 0 saturated carbocycles. The zero-order valence-corrected chi connectivity index (χ0v) is 12.4. The van der Waals surface area contributed by atoms with Crippen LogP contribution in [0.25, 0.3) is 0 Å². The molecule has 1 heterocycles. The summed E-state index contributed by atoms with van der Waals surface area (Å²) in [6.45, 7) is 4.06. The lowest BCUT2D eigenvalue weighted by atomic mass is 9.94. The van der Waals surface area contributed by atoms with E-state index in [1.807, 2.05) is 18.2 Å². The number of para-hydroxylation sites is 1. The van der Waals surface area contributed by atoms with E-state index < -0.39 is 5.60 Å². The smallest absolute Gasteiger partial charge is 0.122 e. The molecule has 1 fully saturated rings. The Morgan fingerprint density at radius 2 is 2.05 bits per heavy atom. The zero-order chi connectivity index (χ0) is 14.4. The minimum atomic E-state index is -0.618. The van der Waals surface area contributed by atoms with Crippen LogP contribution in [0.4, 0.5) is 0 Å². The van der Waals surface area contributed by atoms with E-state index in [0.29, 0.717) is 32.6 Å². The second kappa shape index (κ2) is 7.07. The number of benzene rings is 1. The first kappa shape index (κ1) is 15.3. The van der Waals surface area contributed by atoms with Gasteiger partial charge in [-0.25, -0.2) is 0 Å². The van der Waals surface area contributed by atoms with Gasteiger partial charge in [-0.2, -0.15) is 0 Å². The molecule has 1 aliphatic heterocycles. The third-order valence-electron chi connectivity index (χ3n) is 3.92. The number of rotatable bonds is 6. The van der Waals surface area contributed by atoms with Crippen molar-refractivity contribution in [3.63, 3.8) is 0 Å². The Morgan fingerprint density at radius 3 is 2.75 bits per heavy atom. The van der Waals surface area contributed by atoms with Crippen molar-refractivity contribution in [1.29, 1.82) is 0 Å². The average molecular weight is 279 g/mol. The number of hydrogen-bond donors (Lipinski definition) is 2. The van der Waals surface area contributed by atoms with Gasteiger partial charge in [0.1, 0.15) is 5.75 Å². The number of nitrogens with one attached hydrogen (secondary N) is 1. The molecule has 0 spiro atoms. The van der Waals surface area contributed by atoms with E-state index in [9.17, 15) is 5.11 Å². The third-order valence-corrected chi connectivity index (χ3v) is 3.92. The van der Waals surface area contributed by atoms with Gasteiger partial charge in [-0.3, -0.25) is 0 Å². The highest BCUT2D eigenvalue weighted by atomic mass is 16.5. The van der Waals surface area contributed by atoms with E-state index in [0.717, 1.165) is 12.2 Å². The Labute approximate surface area is 121 Å². The molecule has 0 aromatic heterocycles. The number of aliphatic hydroxyl groups is 1. The van der Waals surface area contributed by atoms with Crippen molar-refractivity contribution in [2.45, 2.75) is 37.8 Å². The SMILES string of the molecule is COc1ccccc1CC(C)NCC1(O)CCOCC1. The normalized spacial score (nSPS) is 19.6. The second-order valence-electron chi connectivity index (χ2n) is 5.63. The predicted octanol–water partition coefficient (Wildman–Crippen LogP) is 1.76. The van der Waals surface area contributed by atoms with Gasteiger partial charge in [-0.1, -0.05) is 18.2 Å². The Hall–Kier alpha value is -1.10. The van der Waals surface area contributed by atoms with Gasteiger partial charge in [-0.05, 0) is 25.0 Å². The monoisotopic (exact) mass is 279 g/mol. The van der Waals surface area contributed by atoms with Gasteiger partial charge in [0.15, 0.2) is 0 Å². The fourth-order valence-corrected chi connectivity index (χ4v) is 2.57. The van der Waals surface area contributed by atoms with Crippen molar-refractivity contribution in [1.82, 2.24) is 5.32 Å². The van der Waals surface area contributed by atoms with Crippen LogP contribution in [0.1, 0.15) is 25.3 Å². The summed E-state index contributed by atoms with van der Waals surface area (Å²) in [7, 11) is 1.70. The average Bonchev–Trinajstić information content (AvgIpc) is 2.47. The molecule has 0 aliphatic carbocycles. The molecule has 112 valence electrons. The fourth-order valence-electron chi connectivity index (χ4n) is 2.57. The topological polar surface area (TPSA) is 50.7 Å². The fraction of sp³-hybridized carbons (Fsp3) is 0.625. The Kier molecular flexibility index (Phi) is 5.40. The standard InChI is InChI=1S/C16H25NO3/c1-13(11-14-5-3-4-6-15(14)19-2)17-12-16(18)7-9-20-10-8-16/h3-6,13,17-18H,7-12H2,1-2H3. The number of methoxy groups -OCH3 is 1. The maximum absolute atomic E-state index is 10.4. The lowest BCUT2D eigenvalue weighted by molar-refractivity contribution is -0.0625. The molecule has 0 radical (unpaired) electrons. The van der Waals surface area contributed by atoms with Crippen LogP contribution >= 0.6 is 0 Å². The molecule has 1 aromatic rings. The molecule has 1 aromatic carbocycles. The van der Waals surface area contributed by atoms with Crippen molar-refractivity contribution in [2.75, 3.05) is 26.9 Å². The van der Waals surface area contributed by atoms with Crippen molar-refractivity contribution < 1.29 is 14.6 Å². The Morgan fingerprint density at radius 1 is 1.35 bits per heavy atom. The summed E-state index contributed by atoms with van der Waals surface area (Å²) in [5.41, 5.74) is 0.571. The predicted molar refractivity (Wildman–Crippen MR) is 79.2 cm³/mol. The van der Waals surface area contributed by atoms with Gasteiger partial charge in [0, 0.05) is 38.6 Å². The summed E-state index contributed by atoms with van der Waals surface area (Å²) >= 11 is 0. The Balaban J connectivity index is 1.84. The van der Waals surface area contributed by atoms with E-state index in [-0.39, 0.29) is 6.04 Å². The van der Waals surface area contributed by atoms with Crippen LogP contribution in [0.15, 0.2) is 24.3 Å². The van der Waals surface area contributed by atoms with E-state index in [4.69, 9.17) is 9.47 Å². The van der Waals surface area contributed by atoms with Crippen LogP contribution in [0, 0.1) is 0 Å². The summed E-state index contributed by atoms with van der Waals surface area (Å²) in [4.78, 5) is 0. The van der Waals surface area contributed by atoms with E-state index in [1.165, 1.54) is 5.56 Å². The van der Waals surface area contributed by atoms with Gasteiger partial charge in [0.25, 0.3) is 0 Å². The summed E-state index contributed by atoms with van der Waals surface area (Å²) in [5.74, 6) is 0.922. The molecule has 0 bridgehead atoms. The van der Waals surface area contributed by atoms with E-state index in [2.05, 4.69) is 18.3 Å². The largest absolute Gasteiger partial charge is 0.496 e. The van der Waals surface area contributed by atoms with Crippen LogP contribution in [-0.2, 0) is 11.2 Å². The van der Waals surface area contributed by atoms with Crippen molar-refractivity contribution in [2.24, 2.45) is 0 Å². The molecular weight excluding hydrogens is 254 g/mol. The van der Waals surface area contributed by atoms with Crippen LogP contribution in [0.3, 0.4) is 0 Å². The molecule has 2 N–H and O–H groups in total. The molecule has 1 unspecified atom stereocenters. The van der Waals surface area contributed by atoms with Gasteiger partial charge < -0.3 is 19.9 Å². The van der Waals surface area contributed by atoms with Crippen LogP contribution < -0.4 is 10.1 Å². The molecule has 0 amide bonds. The number of hydrogen-bond acceptors (Lipinski definition) is 4. The molecule has 4 heteroatoms. The molecule has 4 nitrogen and oxygen atoms in total. The van der Waals surface area contributed by atoms with Crippen LogP contribution in [-0.4, -0.2) is 43.6 Å². The highest BCUT2D eigenvalue weighted by molar-refractivity contribution is 5.33. The first-order valence-corrected chi connectivity index (χ1v) is 7.28. The first-order chi connectivity index (χ1) is 9.63. The molecule has 20 heavy (non-hydrogen) atoms. The summed E-state index contributed by atoms with van der Waals surface area (Å²) < 4.78 is 10.7. The van der Waals surface area contributed by atoms with Crippen molar-refractivity contribution >= 4 is 0 Å². The van der Waals surface area contributed by atoms with Gasteiger partial charge in [0.2, 0.25) is 0 Å². The first-order valence-electron chi connectivity index (χ1n) is 7.28. The molecule has 2 rings (SSSR count). The van der Waals surface area contributed by atoms with E-state index in [1.54, 1.807) is 7.11 Å². The molecular formula is C16H25NO3. The summed E-state index contributed by atoms with van der Waals surface area (Å²) in [6.07, 6.45) is 2.30. The minimum Gasteiger partial charge on any atom is -0.496 e. The summed E-state index contributed by atoms with van der Waals surface area (Å²) in [5, 5.41) is 13.9. The maximum atomic E-state index is 10.4. The van der Waals surface area contributed by atoms with Crippen LogP contribution in [0.5, 0.6) is 5.75 Å². The lowest BCUT2D eigenvalue weighted by Crippen LogP contribution is -2.47. The third kappa shape index (κ3) is 4.20. The van der Waals surface area contributed by atoms with Crippen molar-refractivity contribution in [3.8, 4) is 5.75 Å². The second-order valence-corrected chi connectivity index (χ2v) is 5.63. The van der Waals surface area contributed by atoms with Gasteiger partial charge >= 0.3 is 0 Å². The van der Waals surface area contributed by atoms with E-state index >= 15 is 0 Å². The maximum Gasteiger partial charge on any atom is 0.122 e. The van der Waals surface area contributed by atoms with Gasteiger partial charge in [0.05, 0.1) is 12.7 Å².